The molecule has 2 aliphatic heterocycles. The number of carboxylic acid groups (broad SMARTS) is 1. The molecule has 2 heterocycles. The largest absolute Gasteiger partial charge is 0.465 e. The lowest BCUT2D eigenvalue weighted by Crippen LogP contribution is -2.32. The van der Waals surface area contributed by atoms with Crippen molar-refractivity contribution in [3.05, 3.63) is 23.7 Å². The van der Waals surface area contributed by atoms with E-state index in [1.165, 1.54) is 4.90 Å². The summed E-state index contributed by atoms with van der Waals surface area (Å²) < 4.78 is 0. The van der Waals surface area contributed by atoms with Crippen LogP contribution in [0.15, 0.2) is 23.7 Å². The molecule has 0 aliphatic carbocycles. The number of dihydropyridines is 1. The van der Waals surface area contributed by atoms with Crippen molar-refractivity contribution in [2.75, 3.05) is 13.2 Å². The molecule has 0 aromatic rings. The number of hydrogen-bond donors (Lipinski definition) is 3. The summed E-state index contributed by atoms with van der Waals surface area (Å²) in [6.45, 7) is 0.928. The summed E-state index contributed by atoms with van der Waals surface area (Å²) in [4.78, 5) is 12.0. The highest BCUT2D eigenvalue weighted by atomic mass is 16.4. The fourth-order valence-corrected chi connectivity index (χ4v) is 1.33. The number of nitrogens with one attached hydrogen (secondary N) is 2. The van der Waals surface area contributed by atoms with Crippen molar-refractivity contribution in [1.82, 2.24) is 15.5 Å². The monoisotopic (exact) mass is 167 g/mol. The zero-order chi connectivity index (χ0) is 8.55. The van der Waals surface area contributed by atoms with Crippen molar-refractivity contribution in [3.63, 3.8) is 0 Å². The van der Waals surface area contributed by atoms with Gasteiger partial charge in [0.2, 0.25) is 0 Å². The number of hydrogen-bond acceptors (Lipinski definition) is 3. The summed E-state index contributed by atoms with van der Waals surface area (Å²) in [5, 5.41) is 14.7. The number of allylic oxidation sites excluding steroid dienone is 1. The lowest BCUT2D eigenvalue weighted by molar-refractivity contribution is 0.160. The number of nitrogens with zero attached hydrogens (tertiary/aromatic N) is 1. The zero-order valence-electron chi connectivity index (χ0n) is 6.37. The molecule has 0 bridgehead atoms. The van der Waals surface area contributed by atoms with Gasteiger partial charge in [0, 0.05) is 0 Å². The minimum absolute atomic E-state index is 0.353. The van der Waals surface area contributed by atoms with Gasteiger partial charge >= 0.3 is 6.09 Å². The second-order valence-corrected chi connectivity index (χ2v) is 2.62. The Morgan fingerprint density at radius 2 is 2.50 bits per heavy atom. The minimum Gasteiger partial charge on any atom is -0.465 e. The van der Waals surface area contributed by atoms with Gasteiger partial charge in [-0.1, -0.05) is 0 Å². The first-order valence-corrected chi connectivity index (χ1v) is 3.66. The Bertz CT molecular complexity index is 282. The van der Waals surface area contributed by atoms with Gasteiger partial charge in [-0.15, -0.1) is 0 Å². The van der Waals surface area contributed by atoms with E-state index in [4.69, 9.17) is 5.11 Å². The van der Waals surface area contributed by atoms with E-state index in [0.717, 1.165) is 11.4 Å². The SMILES string of the molecule is O=C(O)N1CNC2=C1CNC=C2. The molecular formula is C7H9N3O2. The smallest absolute Gasteiger partial charge is 0.413 e. The molecule has 5 heteroatoms. The molecule has 12 heavy (non-hydrogen) atoms. The first-order valence-electron chi connectivity index (χ1n) is 3.66. The minimum atomic E-state index is -0.912. The standard InChI is InChI=1S/C7H9N3O2/c11-7(12)10-4-9-5-1-2-8-3-6(5)10/h1-2,8-9H,3-4H2,(H,11,12). The summed E-state index contributed by atoms with van der Waals surface area (Å²) in [6, 6.07) is 0. The highest BCUT2D eigenvalue weighted by molar-refractivity contribution is 5.69. The lowest BCUT2D eigenvalue weighted by atomic mass is 10.2. The number of carbonyl (C=O) groups is 1. The van der Waals surface area contributed by atoms with Gasteiger partial charge in [0.15, 0.2) is 0 Å². The van der Waals surface area contributed by atoms with Crippen LogP contribution in [-0.2, 0) is 0 Å². The molecule has 2 rings (SSSR count). The maximum absolute atomic E-state index is 10.7. The second kappa shape index (κ2) is 2.44. The number of amides is 1. The molecule has 0 aromatic carbocycles. The Morgan fingerprint density at radius 3 is 3.25 bits per heavy atom. The van der Waals surface area contributed by atoms with E-state index in [9.17, 15) is 4.79 Å². The Balaban J connectivity index is 2.27. The Morgan fingerprint density at radius 1 is 1.67 bits per heavy atom. The van der Waals surface area contributed by atoms with Gasteiger partial charge in [-0.25, -0.2) is 4.79 Å². The summed E-state index contributed by atoms with van der Waals surface area (Å²) in [6.07, 6.45) is 2.73. The van der Waals surface area contributed by atoms with Crippen LogP contribution in [0.5, 0.6) is 0 Å². The van der Waals surface area contributed by atoms with Crippen LogP contribution in [-0.4, -0.2) is 29.3 Å². The van der Waals surface area contributed by atoms with Crippen LogP contribution in [0, 0.1) is 0 Å². The molecule has 1 amide bonds. The topological polar surface area (TPSA) is 64.6 Å². The first-order chi connectivity index (χ1) is 5.79. The van der Waals surface area contributed by atoms with Crippen molar-refractivity contribution in [1.29, 1.82) is 0 Å². The van der Waals surface area contributed by atoms with E-state index in [2.05, 4.69) is 10.6 Å². The lowest BCUT2D eigenvalue weighted by Gasteiger charge is -2.16. The average Bonchev–Trinajstić information content (AvgIpc) is 2.47. The van der Waals surface area contributed by atoms with Crippen LogP contribution in [0.4, 0.5) is 4.79 Å². The summed E-state index contributed by atoms with van der Waals surface area (Å²) in [7, 11) is 0. The molecule has 0 radical (unpaired) electrons. The Kier molecular flexibility index (Phi) is 1.43. The molecule has 0 saturated carbocycles. The van der Waals surface area contributed by atoms with Crippen molar-refractivity contribution in [2.45, 2.75) is 0 Å². The van der Waals surface area contributed by atoms with Gasteiger partial charge in [-0.2, -0.15) is 0 Å². The van der Waals surface area contributed by atoms with Crippen molar-refractivity contribution in [2.24, 2.45) is 0 Å². The fraction of sp³-hybridized carbons (Fsp3) is 0.286. The van der Waals surface area contributed by atoms with Gasteiger partial charge in [0.1, 0.15) is 0 Å². The average molecular weight is 167 g/mol. The molecule has 0 unspecified atom stereocenters. The van der Waals surface area contributed by atoms with Crippen LogP contribution < -0.4 is 10.6 Å². The molecule has 0 aromatic heterocycles. The Hall–Kier alpha value is -1.65. The van der Waals surface area contributed by atoms with Gasteiger partial charge in [-0.05, 0) is 12.3 Å². The molecule has 0 saturated heterocycles. The van der Waals surface area contributed by atoms with Crippen LogP contribution in [0.2, 0.25) is 0 Å². The van der Waals surface area contributed by atoms with Gasteiger partial charge in [-0.3, -0.25) is 4.90 Å². The predicted molar refractivity (Wildman–Crippen MR) is 42.0 cm³/mol. The van der Waals surface area contributed by atoms with E-state index >= 15 is 0 Å². The fourth-order valence-electron chi connectivity index (χ4n) is 1.33. The third-order valence-electron chi connectivity index (χ3n) is 1.93. The maximum Gasteiger partial charge on any atom is 0.413 e. The number of rotatable bonds is 0. The second-order valence-electron chi connectivity index (χ2n) is 2.62. The molecule has 2 aliphatic rings. The van der Waals surface area contributed by atoms with Crippen LogP contribution in [0.3, 0.4) is 0 Å². The summed E-state index contributed by atoms with van der Waals surface area (Å²) >= 11 is 0. The quantitative estimate of drug-likeness (QED) is 0.469. The first kappa shape index (κ1) is 7.02. The van der Waals surface area contributed by atoms with E-state index < -0.39 is 6.09 Å². The summed E-state index contributed by atoms with van der Waals surface area (Å²) in [5.41, 5.74) is 1.70. The zero-order valence-corrected chi connectivity index (χ0v) is 6.37. The van der Waals surface area contributed by atoms with E-state index in [0.29, 0.717) is 13.2 Å². The highest BCUT2D eigenvalue weighted by Crippen LogP contribution is 2.17. The van der Waals surface area contributed by atoms with Crippen LogP contribution in [0.1, 0.15) is 0 Å². The maximum atomic E-state index is 10.7. The molecule has 0 spiro atoms. The molecule has 5 nitrogen and oxygen atoms in total. The van der Waals surface area contributed by atoms with Gasteiger partial charge < -0.3 is 15.7 Å². The molecule has 0 fully saturated rings. The highest BCUT2D eigenvalue weighted by Gasteiger charge is 2.26. The van der Waals surface area contributed by atoms with E-state index in [1.54, 1.807) is 6.20 Å². The molecular weight excluding hydrogens is 158 g/mol. The third-order valence-corrected chi connectivity index (χ3v) is 1.93. The Labute approximate surface area is 69.4 Å². The predicted octanol–water partition coefficient (Wildman–Crippen LogP) is -0.144. The van der Waals surface area contributed by atoms with E-state index in [1.807, 2.05) is 6.08 Å². The van der Waals surface area contributed by atoms with Gasteiger partial charge in [0.25, 0.3) is 0 Å². The van der Waals surface area contributed by atoms with Crippen molar-refractivity contribution in [3.8, 4) is 0 Å². The molecule has 64 valence electrons. The molecule has 0 atom stereocenters. The molecule has 3 N–H and O–H groups in total. The summed E-state index contributed by atoms with van der Waals surface area (Å²) in [5.74, 6) is 0. The van der Waals surface area contributed by atoms with Crippen LogP contribution in [0.25, 0.3) is 0 Å². The van der Waals surface area contributed by atoms with Crippen LogP contribution >= 0.6 is 0 Å². The van der Waals surface area contributed by atoms with E-state index in [-0.39, 0.29) is 0 Å². The van der Waals surface area contributed by atoms with Crippen molar-refractivity contribution < 1.29 is 9.90 Å². The third kappa shape index (κ3) is 0.903. The van der Waals surface area contributed by atoms with Crippen molar-refractivity contribution >= 4 is 6.09 Å². The van der Waals surface area contributed by atoms with Gasteiger partial charge in [0.05, 0.1) is 24.6 Å². The normalized spacial score (nSPS) is 20.2.